The molecule has 1 saturated carbocycles. The zero-order chi connectivity index (χ0) is 9.26. The lowest BCUT2D eigenvalue weighted by atomic mass is 10.2. The van der Waals surface area contributed by atoms with Gasteiger partial charge in [-0.15, -0.1) is 0 Å². The number of hydrogen-bond donors (Lipinski definition) is 1. The average molecular weight is 179 g/mol. The number of aromatic nitrogens is 2. The van der Waals surface area contributed by atoms with Crippen LogP contribution in [0.1, 0.15) is 31.5 Å². The second-order valence-corrected chi connectivity index (χ2v) is 3.95. The molecule has 0 spiro atoms. The van der Waals surface area contributed by atoms with Crippen LogP contribution < -0.4 is 5.32 Å². The fourth-order valence-corrected chi connectivity index (χ4v) is 1.58. The molecule has 1 fully saturated rings. The molecule has 1 atom stereocenters. The quantitative estimate of drug-likeness (QED) is 0.758. The Balaban J connectivity index is 1.88. The molecule has 0 bridgehead atoms. The first-order valence-corrected chi connectivity index (χ1v) is 4.98. The zero-order valence-electron chi connectivity index (χ0n) is 8.33. The van der Waals surface area contributed by atoms with E-state index in [0.717, 1.165) is 12.5 Å². The van der Waals surface area contributed by atoms with Gasteiger partial charge in [-0.3, -0.25) is 4.68 Å². The average Bonchev–Trinajstić information content (AvgIpc) is 2.84. The summed E-state index contributed by atoms with van der Waals surface area (Å²) in [6.45, 7) is 3.35. The van der Waals surface area contributed by atoms with E-state index in [4.69, 9.17) is 0 Å². The molecule has 72 valence electrons. The van der Waals surface area contributed by atoms with E-state index in [1.807, 2.05) is 17.9 Å². The first-order valence-electron chi connectivity index (χ1n) is 4.98. The van der Waals surface area contributed by atoms with Gasteiger partial charge in [-0.05, 0) is 38.3 Å². The third-order valence-corrected chi connectivity index (χ3v) is 2.71. The highest BCUT2D eigenvalue weighted by molar-refractivity contribution is 5.05. The van der Waals surface area contributed by atoms with Crippen LogP contribution >= 0.6 is 0 Å². The van der Waals surface area contributed by atoms with Gasteiger partial charge in [0.15, 0.2) is 0 Å². The smallest absolute Gasteiger partial charge is 0.0547 e. The van der Waals surface area contributed by atoms with Crippen molar-refractivity contribution in [1.82, 2.24) is 15.1 Å². The van der Waals surface area contributed by atoms with Crippen LogP contribution in [0, 0.1) is 5.92 Å². The fourth-order valence-electron chi connectivity index (χ4n) is 1.58. The SMILES string of the molecule is CC(NCC1CC1)c1ccnn1C. The van der Waals surface area contributed by atoms with Crippen molar-refractivity contribution in [2.75, 3.05) is 6.54 Å². The largest absolute Gasteiger partial charge is 0.309 e. The molecule has 0 aliphatic heterocycles. The lowest BCUT2D eigenvalue weighted by Gasteiger charge is -2.13. The number of aryl methyl sites for hydroxylation is 1. The van der Waals surface area contributed by atoms with Crippen molar-refractivity contribution < 1.29 is 0 Å². The minimum atomic E-state index is 0.424. The normalized spacial score (nSPS) is 18.9. The summed E-state index contributed by atoms with van der Waals surface area (Å²) in [5, 5.41) is 7.68. The molecule has 1 N–H and O–H groups in total. The number of hydrogen-bond acceptors (Lipinski definition) is 2. The van der Waals surface area contributed by atoms with Crippen molar-refractivity contribution in [3.8, 4) is 0 Å². The third-order valence-electron chi connectivity index (χ3n) is 2.71. The molecule has 1 aromatic heterocycles. The maximum atomic E-state index is 4.16. The van der Waals surface area contributed by atoms with Crippen LogP contribution in [0.15, 0.2) is 12.3 Å². The van der Waals surface area contributed by atoms with Gasteiger partial charge in [-0.2, -0.15) is 5.10 Å². The maximum absolute atomic E-state index is 4.16. The summed E-state index contributed by atoms with van der Waals surface area (Å²) >= 11 is 0. The minimum absolute atomic E-state index is 0.424. The zero-order valence-corrected chi connectivity index (χ0v) is 8.33. The second-order valence-electron chi connectivity index (χ2n) is 3.95. The standard InChI is InChI=1S/C10H17N3/c1-8(11-7-9-3-4-9)10-5-6-12-13(10)2/h5-6,8-9,11H,3-4,7H2,1-2H3. The van der Waals surface area contributed by atoms with Crippen LogP contribution in [0.5, 0.6) is 0 Å². The molecule has 1 aliphatic rings. The van der Waals surface area contributed by atoms with Gasteiger partial charge in [0.05, 0.1) is 5.69 Å². The highest BCUT2D eigenvalue weighted by Crippen LogP contribution is 2.28. The predicted octanol–water partition coefficient (Wildman–Crippen LogP) is 1.48. The number of rotatable bonds is 4. The van der Waals surface area contributed by atoms with E-state index in [9.17, 15) is 0 Å². The molecular formula is C10H17N3. The summed E-state index contributed by atoms with van der Waals surface area (Å²) in [4.78, 5) is 0. The van der Waals surface area contributed by atoms with E-state index in [1.165, 1.54) is 18.5 Å². The number of nitrogens with one attached hydrogen (secondary N) is 1. The fraction of sp³-hybridized carbons (Fsp3) is 0.700. The highest BCUT2D eigenvalue weighted by atomic mass is 15.3. The van der Waals surface area contributed by atoms with Crippen molar-refractivity contribution in [2.24, 2.45) is 13.0 Å². The van der Waals surface area contributed by atoms with Crippen LogP contribution in [0.25, 0.3) is 0 Å². The Bertz CT molecular complexity index is 275. The monoisotopic (exact) mass is 179 g/mol. The first kappa shape index (κ1) is 8.75. The van der Waals surface area contributed by atoms with E-state index in [-0.39, 0.29) is 0 Å². The Kier molecular flexibility index (Phi) is 2.36. The molecule has 0 aromatic carbocycles. The topological polar surface area (TPSA) is 29.9 Å². The highest BCUT2D eigenvalue weighted by Gasteiger charge is 2.21. The Morgan fingerprint density at radius 3 is 3.00 bits per heavy atom. The lowest BCUT2D eigenvalue weighted by molar-refractivity contribution is 0.514. The van der Waals surface area contributed by atoms with Crippen molar-refractivity contribution in [1.29, 1.82) is 0 Å². The van der Waals surface area contributed by atoms with E-state index >= 15 is 0 Å². The van der Waals surface area contributed by atoms with Gasteiger partial charge in [0, 0.05) is 19.3 Å². The van der Waals surface area contributed by atoms with Crippen molar-refractivity contribution in [3.63, 3.8) is 0 Å². The molecule has 3 nitrogen and oxygen atoms in total. The molecule has 0 radical (unpaired) electrons. The van der Waals surface area contributed by atoms with Gasteiger partial charge in [-0.1, -0.05) is 0 Å². The Morgan fingerprint density at radius 1 is 1.69 bits per heavy atom. The summed E-state index contributed by atoms with van der Waals surface area (Å²) in [5.41, 5.74) is 1.26. The number of nitrogens with zero attached hydrogens (tertiary/aromatic N) is 2. The summed E-state index contributed by atoms with van der Waals surface area (Å²) in [6, 6.07) is 2.50. The van der Waals surface area contributed by atoms with Crippen LogP contribution in [0.2, 0.25) is 0 Å². The van der Waals surface area contributed by atoms with E-state index in [2.05, 4.69) is 23.4 Å². The Hall–Kier alpha value is -0.830. The van der Waals surface area contributed by atoms with Crippen molar-refractivity contribution in [2.45, 2.75) is 25.8 Å². The molecule has 3 heteroatoms. The van der Waals surface area contributed by atoms with Crippen molar-refractivity contribution >= 4 is 0 Å². The Morgan fingerprint density at radius 2 is 2.46 bits per heavy atom. The maximum Gasteiger partial charge on any atom is 0.0547 e. The van der Waals surface area contributed by atoms with Gasteiger partial charge in [0.1, 0.15) is 0 Å². The third kappa shape index (κ3) is 2.10. The molecule has 13 heavy (non-hydrogen) atoms. The van der Waals surface area contributed by atoms with Gasteiger partial charge < -0.3 is 5.32 Å². The van der Waals surface area contributed by atoms with E-state index in [1.54, 1.807) is 0 Å². The van der Waals surface area contributed by atoms with Crippen LogP contribution in [-0.2, 0) is 7.05 Å². The van der Waals surface area contributed by atoms with Gasteiger partial charge in [0.2, 0.25) is 0 Å². The molecule has 1 heterocycles. The lowest BCUT2D eigenvalue weighted by Crippen LogP contribution is -2.23. The molecule has 1 aromatic rings. The molecule has 1 aliphatic carbocycles. The molecular weight excluding hydrogens is 162 g/mol. The van der Waals surface area contributed by atoms with Gasteiger partial charge >= 0.3 is 0 Å². The van der Waals surface area contributed by atoms with Crippen molar-refractivity contribution in [3.05, 3.63) is 18.0 Å². The Labute approximate surface area is 79.1 Å². The van der Waals surface area contributed by atoms with E-state index < -0.39 is 0 Å². The second kappa shape index (κ2) is 3.50. The summed E-state index contributed by atoms with van der Waals surface area (Å²) < 4.78 is 1.94. The van der Waals surface area contributed by atoms with Crippen LogP contribution in [0.4, 0.5) is 0 Å². The first-order chi connectivity index (χ1) is 6.27. The van der Waals surface area contributed by atoms with Crippen LogP contribution in [0.3, 0.4) is 0 Å². The minimum Gasteiger partial charge on any atom is -0.309 e. The summed E-state index contributed by atoms with van der Waals surface area (Å²) in [6.07, 6.45) is 4.67. The van der Waals surface area contributed by atoms with Gasteiger partial charge in [-0.25, -0.2) is 0 Å². The molecule has 0 saturated heterocycles. The van der Waals surface area contributed by atoms with E-state index in [0.29, 0.717) is 6.04 Å². The molecule has 1 unspecified atom stereocenters. The van der Waals surface area contributed by atoms with Crippen LogP contribution in [-0.4, -0.2) is 16.3 Å². The summed E-state index contributed by atoms with van der Waals surface area (Å²) in [5.74, 6) is 0.940. The molecule has 2 rings (SSSR count). The molecule has 0 amide bonds. The predicted molar refractivity (Wildman–Crippen MR) is 52.3 cm³/mol. The van der Waals surface area contributed by atoms with Gasteiger partial charge in [0.25, 0.3) is 0 Å². The summed E-state index contributed by atoms with van der Waals surface area (Å²) in [7, 11) is 1.99.